The zero-order valence-electron chi connectivity index (χ0n) is 18.3. The lowest BCUT2D eigenvalue weighted by molar-refractivity contribution is -0.127. The van der Waals surface area contributed by atoms with Crippen LogP contribution in [0.25, 0.3) is 10.6 Å². The molecule has 1 atom stereocenters. The van der Waals surface area contributed by atoms with E-state index in [2.05, 4.69) is 20.8 Å². The number of ether oxygens (including phenoxy) is 1. The topological polar surface area (TPSA) is 93.2 Å². The molecule has 4 rings (SSSR count). The first kappa shape index (κ1) is 24.3. The number of amides is 2. The molecule has 0 bridgehead atoms. The van der Waals surface area contributed by atoms with E-state index in [4.69, 9.17) is 16.3 Å². The van der Waals surface area contributed by atoms with E-state index in [1.54, 1.807) is 36.4 Å². The van der Waals surface area contributed by atoms with Crippen molar-refractivity contribution in [2.24, 2.45) is 0 Å². The van der Waals surface area contributed by atoms with Gasteiger partial charge in [0.05, 0.1) is 0 Å². The molecule has 35 heavy (non-hydrogen) atoms. The van der Waals surface area contributed by atoms with Crippen molar-refractivity contribution in [2.45, 2.75) is 12.5 Å². The third-order valence-electron chi connectivity index (χ3n) is 4.86. The molecule has 0 spiro atoms. The smallest absolute Gasteiger partial charge is 0.258 e. The summed E-state index contributed by atoms with van der Waals surface area (Å²) < 4.78 is 18.7. The second kappa shape index (κ2) is 11.5. The van der Waals surface area contributed by atoms with E-state index in [9.17, 15) is 14.0 Å². The Kier molecular flexibility index (Phi) is 8.02. The largest absolute Gasteiger partial charge is 0.484 e. The Morgan fingerprint density at radius 2 is 1.69 bits per heavy atom. The molecule has 0 fully saturated rings. The minimum atomic E-state index is -0.878. The summed E-state index contributed by atoms with van der Waals surface area (Å²) in [6.07, 6.45) is 0.267. The molecule has 178 valence electrons. The summed E-state index contributed by atoms with van der Waals surface area (Å²) in [4.78, 5) is 25.6. The van der Waals surface area contributed by atoms with E-state index in [1.807, 2.05) is 30.3 Å². The van der Waals surface area contributed by atoms with Crippen LogP contribution in [0.2, 0.25) is 5.02 Å². The summed E-state index contributed by atoms with van der Waals surface area (Å²) in [5.41, 5.74) is 1.55. The summed E-state index contributed by atoms with van der Waals surface area (Å²) in [6.45, 7) is -0.270. The van der Waals surface area contributed by atoms with Crippen LogP contribution in [0.1, 0.15) is 5.56 Å². The fraction of sp³-hybridized carbons (Fsp3) is 0.120. The average Bonchev–Trinajstić information content (AvgIpc) is 3.33. The summed E-state index contributed by atoms with van der Waals surface area (Å²) >= 11 is 7.01. The Hall–Kier alpha value is -3.82. The highest BCUT2D eigenvalue weighted by Gasteiger charge is 2.23. The van der Waals surface area contributed by atoms with Crippen molar-refractivity contribution >= 4 is 39.9 Å². The fourth-order valence-electron chi connectivity index (χ4n) is 3.15. The van der Waals surface area contributed by atoms with Crippen molar-refractivity contribution < 1.29 is 18.7 Å². The van der Waals surface area contributed by atoms with E-state index < -0.39 is 17.9 Å². The van der Waals surface area contributed by atoms with Gasteiger partial charge in [-0.05, 0) is 54.1 Å². The van der Waals surface area contributed by atoms with Gasteiger partial charge in [0.2, 0.25) is 11.0 Å². The number of hydrogen-bond donors (Lipinski definition) is 2. The molecule has 0 aliphatic rings. The molecule has 0 saturated heterocycles. The monoisotopic (exact) mass is 510 g/mol. The van der Waals surface area contributed by atoms with Crippen LogP contribution in [0.4, 0.5) is 9.52 Å². The van der Waals surface area contributed by atoms with Crippen LogP contribution in [0.15, 0.2) is 78.9 Å². The lowest BCUT2D eigenvalue weighted by Crippen LogP contribution is -2.46. The summed E-state index contributed by atoms with van der Waals surface area (Å²) in [5.74, 6) is -0.780. The van der Waals surface area contributed by atoms with E-state index in [0.29, 0.717) is 21.3 Å². The molecule has 7 nitrogen and oxygen atoms in total. The van der Waals surface area contributed by atoms with Crippen LogP contribution in [-0.4, -0.2) is 34.7 Å². The van der Waals surface area contributed by atoms with Gasteiger partial charge >= 0.3 is 0 Å². The third-order valence-corrected chi connectivity index (χ3v) is 6.00. The van der Waals surface area contributed by atoms with Crippen molar-refractivity contribution in [1.29, 1.82) is 0 Å². The molecule has 1 heterocycles. The molecule has 0 saturated carbocycles. The van der Waals surface area contributed by atoms with Crippen molar-refractivity contribution in [3.8, 4) is 16.3 Å². The number of halogens is 2. The Balaban J connectivity index is 1.42. The Labute approximate surface area is 209 Å². The number of nitrogens with one attached hydrogen (secondary N) is 2. The van der Waals surface area contributed by atoms with Gasteiger partial charge in [-0.25, -0.2) is 4.39 Å². The first-order valence-electron chi connectivity index (χ1n) is 10.6. The molecule has 4 aromatic rings. The Bertz CT molecular complexity index is 1280. The zero-order valence-corrected chi connectivity index (χ0v) is 19.9. The molecule has 2 N–H and O–H groups in total. The lowest BCUT2D eigenvalue weighted by atomic mass is 10.1. The van der Waals surface area contributed by atoms with Crippen LogP contribution in [0, 0.1) is 5.82 Å². The predicted octanol–water partition coefficient (Wildman–Crippen LogP) is 4.74. The van der Waals surface area contributed by atoms with E-state index >= 15 is 0 Å². The number of carbonyl (C=O) groups excluding carboxylic acids is 2. The molecule has 0 aliphatic carbocycles. The van der Waals surface area contributed by atoms with Gasteiger partial charge in [0.25, 0.3) is 5.91 Å². The summed E-state index contributed by atoms with van der Waals surface area (Å²) in [5, 5.41) is 14.8. The Morgan fingerprint density at radius 3 is 2.40 bits per heavy atom. The van der Waals surface area contributed by atoms with Gasteiger partial charge in [0, 0.05) is 17.0 Å². The Morgan fingerprint density at radius 1 is 0.971 bits per heavy atom. The van der Waals surface area contributed by atoms with Gasteiger partial charge < -0.3 is 10.1 Å². The van der Waals surface area contributed by atoms with Gasteiger partial charge in [-0.3, -0.25) is 14.9 Å². The normalized spacial score (nSPS) is 11.5. The van der Waals surface area contributed by atoms with E-state index in [0.717, 1.165) is 16.9 Å². The maximum Gasteiger partial charge on any atom is 0.258 e. The molecule has 0 aliphatic heterocycles. The molecule has 1 aromatic heterocycles. The molecule has 0 radical (unpaired) electrons. The highest BCUT2D eigenvalue weighted by atomic mass is 35.5. The van der Waals surface area contributed by atoms with Gasteiger partial charge in [0.15, 0.2) is 6.61 Å². The van der Waals surface area contributed by atoms with Crippen molar-refractivity contribution in [1.82, 2.24) is 15.5 Å². The van der Waals surface area contributed by atoms with Crippen LogP contribution in [-0.2, 0) is 16.0 Å². The maximum atomic E-state index is 13.2. The van der Waals surface area contributed by atoms with E-state index in [-0.39, 0.29) is 24.0 Å². The number of rotatable bonds is 9. The summed E-state index contributed by atoms with van der Waals surface area (Å²) in [6, 6.07) is 20.9. The SMILES string of the molecule is O=C(COc1ccc(Cl)cc1)NC(Cc1ccccc1)C(=O)Nc1nnc(-c2ccc(F)cc2)s1. The quantitative estimate of drug-likeness (QED) is 0.339. The number of hydrogen-bond acceptors (Lipinski definition) is 6. The van der Waals surface area contributed by atoms with E-state index in [1.165, 1.54) is 12.1 Å². The van der Waals surface area contributed by atoms with Gasteiger partial charge in [-0.15, -0.1) is 10.2 Å². The molecule has 3 aromatic carbocycles. The van der Waals surface area contributed by atoms with Gasteiger partial charge in [0.1, 0.15) is 22.6 Å². The average molecular weight is 511 g/mol. The number of benzene rings is 3. The second-order valence-electron chi connectivity index (χ2n) is 7.46. The third kappa shape index (κ3) is 7.08. The lowest BCUT2D eigenvalue weighted by Gasteiger charge is -2.18. The van der Waals surface area contributed by atoms with Crippen molar-refractivity contribution in [3.63, 3.8) is 0 Å². The zero-order chi connectivity index (χ0) is 24.6. The maximum absolute atomic E-state index is 13.2. The first-order chi connectivity index (χ1) is 17.0. The van der Waals surface area contributed by atoms with Crippen molar-refractivity contribution in [2.75, 3.05) is 11.9 Å². The second-order valence-corrected chi connectivity index (χ2v) is 8.87. The number of aromatic nitrogens is 2. The number of anilines is 1. The molecular formula is C25H20ClFN4O3S. The van der Waals surface area contributed by atoms with Gasteiger partial charge in [-0.2, -0.15) is 0 Å². The molecule has 2 amide bonds. The fourth-order valence-corrected chi connectivity index (χ4v) is 4.03. The standard InChI is InChI=1S/C25H20ClFN4O3S/c26-18-8-12-20(13-9-18)34-15-22(32)28-21(14-16-4-2-1-3-5-16)23(33)29-25-31-30-24(35-25)17-6-10-19(27)11-7-17/h1-13,21H,14-15H2,(H,28,32)(H,29,31,33). The van der Waals surface area contributed by atoms with Crippen LogP contribution in [0.5, 0.6) is 5.75 Å². The minimum Gasteiger partial charge on any atom is -0.484 e. The highest BCUT2D eigenvalue weighted by Crippen LogP contribution is 2.26. The number of carbonyl (C=O) groups is 2. The molecule has 1 unspecified atom stereocenters. The molecular weight excluding hydrogens is 491 g/mol. The van der Waals surface area contributed by atoms with Crippen LogP contribution < -0.4 is 15.4 Å². The van der Waals surface area contributed by atoms with Crippen molar-refractivity contribution in [3.05, 3.63) is 95.3 Å². The van der Waals surface area contributed by atoms with Gasteiger partial charge in [-0.1, -0.05) is 53.3 Å². The summed E-state index contributed by atoms with van der Waals surface area (Å²) in [7, 11) is 0. The highest BCUT2D eigenvalue weighted by molar-refractivity contribution is 7.18. The predicted molar refractivity (Wildman–Crippen MR) is 133 cm³/mol. The number of nitrogens with zero attached hydrogens (tertiary/aromatic N) is 2. The molecule has 10 heteroatoms. The van der Waals surface area contributed by atoms with Crippen LogP contribution in [0.3, 0.4) is 0 Å². The first-order valence-corrected chi connectivity index (χ1v) is 11.8. The minimum absolute atomic E-state index is 0.263. The van der Waals surface area contributed by atoms with Crippen LogP contribution >= 0.6 is 22.9 Å².